The van der Waals surface area contributed by atoms with E-state index in [1.165, 1.54) is 46.3 Å². The zero-order valence-corrected chi connectivity index (χ0v) is 27.7. The number of nitrogens with one attached hydrogen (secondary N) is 2. The summed E-state index contributed by atoms with van der Waals surface area (Å²) in [5.41, 5.74) is 1.43. The van der Waals surface area contributed by atoms with E-state index in [2.05, 4.69) is 20.2 Å². The number of methoxy groups -OCH3 is 2. The Balaban J connectivity index is 1.52. The fraction of sp³-hybridized carbons (Fsp3) is 0.152. The number of esters is 2. The SMILES string of the molecule is COC(=O)Cc1[nH]n(-c2nc3ccccc3s2)c(=O)c1C(c1ccc(Cl)cc1)c1c(CC(=O)OC)[nH]n(-c2nc3ccccc3s2)c1=O. The van der Waals surface area contributed by atoms with Crippen molar-refractivity contribution in [3.05, 3.63) is 127 Å². The number of aromatic amines is 2. The van der Waals surface area contributed by atoms with Crippen LogP contribution in [-0.2, 0) is 31.9 Å². The third-order valence-corrected chi connectivity index (χ3v) is 10.1. The molecule has 2 N–H and O–H groups in total. The van der Waals surface area contributed by atoms with Crippen LogP contribution in [0.25, 0.3) is 30.7 Å². The molecule has 0 saturated heterocycles. The number of fused-ring (bicyclic) bond motifs is 2. The van der Waals surface area contributed by atoms with E-state index >= 15 is 0 Å². The molecule has 12 nitrogen and oxygen atoms in total. The molecule has 4 heterocycles. The lowest BCUT2D eigenvalue weighted by Crippen LogP contribution is -2.26. The van der Waals surface area contributed by atoms with E-state index in [4.69, 9.17) is 21.1 Å². The van der Waals surface area contributed by atoms with E-state index < -0.39 is 29.0 Å². The van der Waals surface area contributed by atoms with Crippen molar-refractivity contribution < 1.29 is 19.1 Å². The molecule has 3 aromatic carbocycles. The van der Waals surface area contributed by atoms with Crippen molar-refractivity contribution >= 4 is 66.6 Å². The second-order valence-electron chi connectivity index (χ2n) is 10.7. The number of hydrogen-bond donors (Lipinski definition) is 2. The summed E-state index contributed by atoms with van der Waals surface area (Å²) in [5, 5.41) is 7.26. The van der Waals surface area contributed by atoms with Crippen molar-refractivity contribution in [1.82, 2.24) is 29.5 Å². The van der Waals surface area contributed by atoms with Gasteiger partial charge in [-0.25, -0.2) is 9.97 Å². The van der Waals surface area contributed by atoms with Crippen LogP contribution in [0.5, 0.6) is 0 Å². The molecule has 4 aromatic heterocycles. The molecule has 0 spiro atoms. The van der Waals surface area contributed by atoms with Crippen molar-refractivity contribution in [2.75, 3.05) is 14.2 Å². The molecule has 242 valence electrons. The first-order valence-corrected chi connectivity index (χ1v) is 16.6. The quantitative estimate of drug-likeness (QED) is 0.197. The van der Waals surface area contributed by atoms with Crippen LogP contribution in [0.3, 0.4) is 0 Å². The minimum Gasteiger partial charge on any atom is -0.469 e. The fourth-order valence-corrected chi connectivity index (χ4v) is 7.58. The van der Waals surface area contributed by atoms with Gasteiger partial charge in [-0.2, -0.15) is 9.36 Å². The Morgan fingerprint density at radius 2 is 1.17 bits per heavy atom. The van der Waals surface area contributed by atoms with E-state index in [9.17, 15) is 19.2 Å². The average molecular weight is 701 g/mol. The number of hydrogen-bond acceptors (Lipinski definition) is 10. The summed E-state index contributed by atoms with van der Waals surface area (Å²) >= 11 is 8.84. The molecule has 0 saturated carbocycles. The maximum Gasteiger partial charge on any atom is 0.311 e. The van der Waals surface area contributed by atoms with Crippen LogP contribution in [0.4, 0.5) is 0 Å². The molecule has 0 aliphatic heterocycles. The Hall–Kier alpha value is -5.31. The number of benzene rings is 3. The molecule has 15 heteroatoms. The van der Waals surface area contributed by atoms with E-state index in [-0.39, 0.29) is 35.4 Å². The summed E-state index contributed by atoms with van der Waals surface area (Å²) < 4.78 is 14.2. The zero-order valence-electron chi connectivity index (χ0n) is 25.4. The number of halogens is 1. The van der Waals surface area contributed by atoms with Crippen LogP contribution in [0, 0.1) is 0 Å². The minimum absolute atomic E-state index is 0.0978. The van der Waals surface area contributed by atoms with Crippen LogP contribution in [-0.4, -0.2) is 55.7 Å². The minimum atomic E-state index is -1.08. The monoisotopic (exact) mass is 700 g/mol. The van der Waals surface area contributed by atoms with Gasteiger partial charge in [0.2, 0.25) is 10.3 Å². The number of rotatable bonds is 9. The molecular formula is C33H25ClN6O6S2. The highest BCUT2D eigenvalue weighted by Crippen LogP contribution is 2.35. The molecule has 0 aliphatic carbocycles. The summed E-state index contributed by atoms with van der Waals surface area (Å²) in [7, 11) is 2.50. The number of aromatic nitrogens is 6. The van der Waals surface area contributed by atoms with Gasteiger partial charge in [0, 0.05) is 10.9 Å². The maximum atomic E-state index is 14.6. The Bertz CT molecular complexity index is 2240. The van der Waals surface area contributed by atoms with Crippen molar-refractivity contribution in [3.8, 4) is 10.3 Å². The molecular weight excluding hydrogens is 676 g/mol. The molecule has 7 rings (SSSR count). The third-order valence-electron chi connectivity index (χ3n) is 7.84. The van der Waals surface area contributed by atoms with Gasteiger partial charge in [-0.05, 0) is 42.0 Å². The standard InChI is InChI=1S/C33H25ClN6O6S2/c1-45-25(41)15-21-28(30(43)39(37-21)32-35-19-7-3-5-9-23(19)47-32)27(17-11-13-18(34)14-12-17)29-22(16-26(42)46-2)38-40(31(29)44)33-36-20-8-4-6-10-24(20)48-33/h3-14,27,37-38H,15-16H2,1-2H3. The molecule has 0 aliphatic rings. The van der Waals surface area contributed by atoms with Gasteiger partial charge in [0.25, 0.3) is 11.1 Å². The summed E-state index contributed by atoms with van der Waals surface area (Å²) in [6.07, 6.45) is -0.627. The van der Waals surface area contributed by atoms with Crippen molar-refractivity contribution in [2.45, 2.75) is 18.8 Å². The van der Waals surface area contributed by atoms with Crippen LogP contribution < -0.4 is 11.1 Å². The highest BCUT2D eigenvalue weighted by Gasteiger charge is 2.35. The number of nitrogens with zero attached hydrogens (tertiary/aromatic N) is 4. The first-order valence-electron chi connectivity index (χ1n) is 14.5. The second kappa shape index (κ2) is 12.7. The average Bonchev–Trinajstić information content (AvgIpc) is 3.86. The molecule has 0 fully saturated rings. The summed E-state index contributed by atoms with van der Waals surface area (Å²) in [6.45, 7) is 0. The normalized spacial score (nSPS) is 11.5. The highest BCUT2D eigenvalue weighted by atomic mass is 35.5. The predicted octanol–water partition coefficient (Wildman–Crippen LogP) is 5.13. The van der Waals surface area contributed by atoms with Crippen LogP contribution in [0.15, 0.2) is 82.4 Å². The second-order valence-corrected chi connectivity index (χ2v) is 13.2. The van der Waals surface area contributed by atoms with E-state index in [0.29, 0.717) is 31.9 Å². The largest absolute Gasteiger partial charge is 0.469 e. The van der Waals surface area contributed by atoms with Gasteiger partial charge in [-0.3, -0.25) is 29.4 Å². The molecule has 0 amide bonds. The van der Waals surface area contributed by atoms with Gasteiger partial charge in [0.1, 0.15) is 0 Å². The Morgan fingerprint density at radius 1 is 0.729 bits per heavy atom. The molecule has 0 radical (unpaired) electrons. The number of ether oxygens (including phenoxy) is 2. The Morgan fingerprint density at radius 3 is 1.58 bits per heavy atom. The van der Waals surface area contributed by atoms with Crippen LogP contribution in [0.1, 0.15) is 34.0 Å². The number of carbonyl (C=O) groups is 2. The predicted molar refractivity (Wildman–Crippen MR) is 183 cm³/mol. The smallest absolute Gasteiger partial charge is 0.311 e. The molecule has 0 bridgehead atoms. The van der Waals surface area contributed by atoms with Gasteiger partial charge in [-0.15, -0.1) is 0 Å². The summed E-state index contributed by atoms with van der Waals surface area (Å²) in [5.74, 6) is -2.31. The van der Waals surface area contributed by atoms with E-state index in [1.54, 1.807) is 24.3 Å². The van der Waals surface area contributed by atoms with E-state index in [0.717, 1.165) is 9.40 Å². The summed E-state index contributed by atoms with van der Waals surface area (Å²) in [6, 6.07) is 21.6. The maximum absolute atomic E-state index is 14.6. The van der Waals surface area contributed by atoms with Gasteiger partial charge in [0.05, 0.1) is 70.0 Å². The number of thiazole rings is 2. The molecule has 48 heavy (non-hydrogen) atoms. The van der Waals surface area contributed by atoms with Crippen LogP contribution >= 0.6 is 34.3 Å². The lowest BCUT2D eigenvalue weighted by molar-refractivity contribution is -0.140. The molecule has 0 atom stereocenters. The lowest BCUT2D eigenvalue weighted by Gasteiger charge is -2.17. The number of para-hydroxylation sites is 2. The van der Waals surface area contributed by atoms with Crippen molar-refractivity contribution in [1.29, 1.82) is 0 Å². The van der Waals surface area contributed by atoms with Gasteiger partial charge in [-0.1, -0.05) is 70.7 Å². The van der Waals surface area contributed by atoms with Crippen LogP contribution in [0.2, 0.25) is 5.02 Å². The van der Waals surface area contributed by atoms with Gasteiger partial charge in [0.15, 0.2) is 0 Å². The molecule has 0 unspecified atom stereocenters. The zero-order chi connectivity index (χ0) is 33.5. The number of carbonyl (C=O) groups excluding carboxylic acids is 2. The van der Waals surface area contributed by atoms with E-state index in [1.807, 2.05) is 48.5 Å². The molecule has 7 aromatic rings. The Kier molecular flexibility index (Phi) is 8.29. The number of H-pyrrole nitrogens is 2. The lowest BCUT2D eigenvalue weighted by atomic mass is 9.84. The summed E-state index contributed by atoms with van der Waals surface area (Å²) in [4.78, 5) is 63.9. The first kappa shape index (κ1) is 31.3. The Labute approximate surface area is 284 Å². The van der Waals surface area contributed by atoms with Gasteiger partial charge < -0.3 is 9.47 Å². The third kappa shape index (κ3) is 5.63. The highest BCUT2D eigenvalue weighted by molar-refractivity contribution is 7.21. The van der Waals surface area contributed by atoms with Crippen molar-refractivity contribution in [3.63, 3.8) is 0 Å². The van der Waals surface area contributed by atoms with Gasteiger partial charge >= 0.3 is 11.9 Å². The topological polar surface area (TPSA) is 154 Å². The first-order chi connectivity index (χ1) is 23.2. The van der Waals surface area contributed by atoms with Crippen molar-refractivity contribution in [2.24, 2.45) is 0 Å². The fourth-order valence-electron chi connectivity index (χ4n) is 5.60.